The van der Waals surface area contributed by atoms with Crippen molar-refractivity contribution in [3.8, 4) is 0 Å². The van der Waals surface area contributed by atoms with Gasteiger partial charge in [-0.15, -0.1) is 0 Å². The highest BCUT2D eigenvalue weighted by Crippen LogP contribution is 2.09. The van der Waals surface area contributed by atoms with E-state index in [1.165, 1.54) is 12.3 Å². The Morgan fingerprint density at radius 2 is 2.06 bits per heavy atom. The van der Waals surface area contributed by atoms with Crippen molar-refractivity contribution in [2.24, 2.45) is 0 Å². The molecule has 0 unspecified atom stereocenters. The first kappa shape index (κ1) is 14.0. The van der Waals surface area contributed by atoms with Gasteiger partial charge in [-0.05, 0) is 20.8 Å². The SMILES string of the molecule is Cc1cc(=O)c(C(=O)NC(C)(C)CC(=O)O)c[nH]1. The molecule has 3 N–H and O–H groups in total. The highest BCUT2D eigenvalue weighted by atomic mass is 16.4. The zero-order valence-corrected chi connectivity index (χ0v) is 10.5. The molecule has 1 aromatic rings. The van der Waals surface area contributed by atoms with Crippen LogP contribution in [0.25, 0.3) is 0 Å². The van der Waals surface area contributed by atoms with Crippen molar-refractivity contribution in [1.29, 1.82) is 0 Å². The van der Waals surface area contributed by atoms with E-state index in [-0.39, 0.29) is 12.0 Å². The molecule has 98 valence electrons. The zero-order valence-electron chi connectivity index (χ0n) is 10.5. The van der Waals surface area contributed by atoms with Crippen molar-refractivity contribution >= 4 is 11.9 Å². The summed E-state index contributed by atoms with van der Waals surface area (Å²) in [6.45, 7) is 4.88. The van der Waals surface area contributed by atoms with Gasteiger partial charge in [0.25, 0.3) is 5.91 Å². The molecular formula is C12H16N2O4. The molecular weight excluding hydrogens is 236 g/mol. The van der Waals surface area contributed by atoms with E-state index in [1.807, 2.05) is 0 Å². The molecule has 18 heavy (non-hydrogen) atoms. The normalized spacial score (nSPS) is 11.1. The summed E-state index contributed by atoms with van der Waals surface area (Å²) in [5.41, 5.74) is -0.685. The Labute approximate surface area is 104 Å². The molecule has 0 saturated heterocycles. The van der Waals surface area contributed by atoms with Gasteiger partial charge in [0.15, 0.2) is 5.43 Å². The molecule has 1 aromatic heterocycles. The van der Waals surface area contributed by atoms with Crippen LogP contribution in [0, 0.1) is 6.92 Å². The van der Waals surface area contributed by atoms with E-state index in [0.29, 0.717) is 5.69 Å². The summed E-state index contributed by atoms with van der Waals surface area (Å²) in [6.07, 6.45) is 1.10. The monoisotopic (exact) mass is 252 g/mol. The third-order valence-corrected chi connectivity index (χ3v) is 2.35. The molecule has 0 aliphatic carbocycles. The quantitative estimate of drug-likeness (QED) is 0.733. The third kappa shape index (κ3) is 3.73. The van der Waals surface area contributed by atoms with Crippen LogP contribution < -0.4 is 10.7 Å². The lowest BCUT2D eigenvalue weighted by molar-refractivity contribution is -0.138. The van der Waals surface area contributed by atoms with Gasteiger partial charge in [0.1, 0.15) is 5.56 Å². The largest absolute Gasteiger partial charge is 0.481 e. The average molecular weight is 252 g/mol. The van der Waals surface area contributed by atoms with Crippen molar-refractivity contribution in [1.82, 2.24) is 10.3 Å². The molecule has 0 aliphatic heterocycles. The van der Waals surface area contributed by atoms with Gasteiger partial charge in [-0.3, -0.25) is 14.4 Å². The molecule has 0 fully saturated rings. The zero-order chi connectivity index (χ0) is 13.9. The number of aromatic amines is 1. The van der Waals surface area contributed by atoms with Crippen molar-refractivity contribution in [2.75, 3.05) is 0 Å². The summed E-state index contributed by atoms with van der Waals surface area (Å²) in [7, 11) is 0. The van der Waals surface area contributed by atoms with E-state index < -0.39 is 22.8 Å². The second-order valence-electron chi connectivity index (χ2n) is 4.80. The maximum Gasteiger partial charge on any atom is 0.305 e. The van der Waals surface area contributed by atoms with Crippen LogP contribution in [0.1, 0.15) is 36.3 Å². The number of pyridine rings is 1. The number of H-pyrrole nitrogens is 1. The second kappa shape index (κ2) is 5.03. The summed E-state index contributed by atoms with van der Waals surface area (Å²) < 4.78 is 0. The minimum atomic E-state index is -1.02. The summed E-state index contributed by atoms with van der Waals surface area (Å²) in [4.78, 5) is 36.8. The number of hydrogen-bond acceptors (Lipinski definition) is 3. The minimum Gasteiger partial charge on any atom is -0.481 e. The highest BCUT2D eigenvalue weighted by molar-refractivity contribution is 5.94. The lowest BCUT2D eigenvalue weighted by Crippen LogP contribution is -2.46. The summed E-state index contributed by atoms with van der Waals surface area (Å²) in [6, 6.07) is 1.32. The van der Waals surface area contributed by atoms with Crippen LogP contribution in [0.4, 0.5) is 0 Å². The van der Waals surface area contributed by atoms with E-state index in [2.05, 4.69) is 10.3 Å². The first-order valence-electron chi connectivity index (χ1n) is 5.45. The van der Waals surface area contributed by atoms with Gasteiger partial charge in [-0.25, -0.2) is 0 Å². The Hall–Kier alpha value is -2.11. The van der Waals surface area contributed by atoms with Crippen molar-refractivity contribution in [2.45, 2.75) is 32.7 Å². The molecule has 0 aliphatic rings. The molecule has 0 atom stereocenters. The summed E-state index contributed by atoms with van der Waals surface area (Å²) in [5.74, 6) is -1.60. The fourth-order valence-corrected chi connectivity index (χ4v) is 1.55. The number of nitrogens with one attached hydrogen (secondary N) is 2. The number of carbonyl (C=O) groups is 2. The van der Waals surface area contributed by atoms with E-state index in [4.69, 9.17) is 5.11 Å². The molecule has 1 heterocycles. The number of aliphatic carboxylic acids is 1. The third-order valence-electron chi connectivity index (χ3n) is 2.35. The number of hydrogen-bond donors (Lipinski definition) is 3. The van der Waals surface area contributed by atoms with Crippen LogP contribution in [-0.4, -0.2) is 27.5 Å². The first-order valence-corrected chi connectivity index (χ1v) is 5.45. The predicted molar refractivity (Wildman–Crippen MR) is 65.6 cm³/mol. The number of rotatable bonds is 4. The van der Waals surface area contributed by atoms with E-state index in [9.17, 15) is 14.4 Å². The Morgan fingerprint density at radius 1 is 1.44 bits per heavy atom. The van der Waals surface area contributed by atoms with Gasteiger partial charge in [-0.2, -0.15) is 0 Å². The molecule has 1 rings (SSSR count). The van der Waals surface area contributed by atoms with Crippen molar-refractivity contribution < 1.29 is 14.7 Å². The van der Waals surface area contributed by atoms with Crippen molar-refractivity contribution in [3.05, 3.63) is 33.7 Å². The van der Waals surface area contributed by atoms with Crippen molar-refractivity contribution in [3.63, 3.8) is 0 Å². The van der Waals surface area contributed by atoms with Gasteiger partial charge >= 0.3 is 5.97 Å². The number of carboxylic acids is 1. The molecule has 6 heteroatoms. The standard InChI is InChI=1S/C12H16N2O4/c1-7-4-9(15)8(6-13-7)11(18)14-12(2,3)5-10(16)17/h4,6H,5H2,1-3H3,(H,13,15)(H,14,18)(H,16,17). The Bertz CT molecular complexity index is 531. The van der Waals surface area contributed by atoms with Gasteiger partial charge in [0.2, 0.25) is 0 Å². The number of carboxylic acid groups (broad SMARTS) is 1. The molecule has 0 aromatic carbocycles. The second-order valence-corrected chi connectivity index (χ2v) is 4.80. The molecule has 0 bridgehead atoms. The van der Waals surface area contributed by atoms with Gasteiger partial charge in [-0.1, -0.05) is 0 Å². The lowest BCUT2D eigenvalue weighted by atomic mass is 10.0. The maximum atomic E-state index is 11.8. The van der Waals surface area contributed by atoms with Crippen LogP contribution in [0.3, 0.4) is 0 Å². The fraction of sp³-hybridized carbons (Fsp3) is 0.417. The summed E-state index contributed by atoms with van der Waals surface area (Å²) in [5, 5.41) is 11.2. The molecule has 6 nitrogen and oxygen atoms in total. The smallest absolute Gasteiger partial charge is 0.305 e. The highest BCUT2D eigenvalue weighted by Gasteiger charge is 2.25. The van der Waals surface area contributed by atoms with Gasteiger partial charge in [0, 0.05) is 23.5 Å². The Morgan fingerprint density at radius 3 is 2.56 bits per heavy atom. The molecule has 1 amide bonds. The molecule has 0 spiro atoms. The van der Waals surface area contributed by atoms with E-state index in [0.717, 1.165) is 0 Å². The summed E-state index contributed by atoms with van der Waals surface area (Å²) >= 11 is 0. The maximum absolute atomic E-state index is 11.8. The number of amides is 1. The van der Waals surface area contributed by atoms with Crippen LogP contribution in [0.15, 0.2) is 17.1 Å². The van der Waals surface area contributed by atoms with E-state index >= 15 is 0 Å². The fourth-order valence-electron chi connectivity index (χ4n) is 1.55. The first-order chi connectivity index (χ1) is 8.21. The van der Waals surface area contributed by atoms with Gasteiger partial charge < -0.3 is 15.4 Å². The predicted octanol–water partition coefficient (Wildman–Crippen LogP) is 0.666. The number of aromatic nitrogens is 1. The van der Waals surface area contributed by atoms with E-state index in [1.54, 1.807) is 20.8 Å². The van der Waals surface area contributed by atoms with Crippen LogP contribution >= 0.6 is 0 Å². The number of aryl methyl sites for hydroxylation is 1. The van der Waals surface area contributed by atoms with Gasteiger partial charge in [0.05, 0.1) is 6.42 Å². The van der Waals surface area contributed by atoms with Crippen LogP contribution in [0.5, 0.6) is 0 Å². The Kier molecular flexibility index (Phi) is 3.90. The topological polar surface area (TPSA) is 99.3 Å². The molecule has 0 radical (unpaired) electrons. The Balaban J connectivity index is 2.89. The average Bonchev–Trinajstić information content (AvgIpc) is 2.13. The number of carbonyl (C=O) groups excluding carboxylic acids is 1. The lowest BCUT2D eigenvalue weighted by Gasteiger charge is -2.24. The van der Waals surface area contributed by atoms with Crippen LogP contribution in [0.2, 0.25) is 0 Å². The minimum absolute atomic E-state index is 0.0286. The molecule has 0 saturated carbocycles. The van der Waals surface area contributed by atoms with Crippen LogP contribution in [-0.2, 0) is 4.79 Å².